The Morgan fingerprint density at radius 2 is 2.07 bits per heavy atom. The van der Waals surface area contributed by atoms with E-state index in [9.17, 15) is 12.3 Å². The zero-order valence-corrected chi connectivity index (χ0v) is 7.99. The van der Waals surface area contributed by atoms with Crippen LogP contribution in [0.25, 0.3) is 11.0 Å². The molecule has 5 nitrogen and oxygen atoms in total. The van der Waals surface area contributed by atoms with Crippen LogP contribution in [0.1, 0.15) is 0 Å². The zero-order chi connectivity index (χ0) is 10.3. The number of hydrogen-bond donors (Lipinski definition) is 0. The predicted molar refractivity (Wildman–Crippen MR) is 46.8 cm³/mol. The number of benzene rings is 1. The van der Waals surface area contributed by atoms with Gasteiger partial charge in [0.15, 0.2) is 0 Å². The third-order valence-electron chi connectivity index (χ3n) is 1.74. The van der Waals surface area contributed by atoms with E-state index in [2.05, 4.69) is 10.2 Å². The maximum Gasteiger partial charge on any atom is 0.334 e. The lowest BCUT2D eigenvalue weighted by molar-refractivity contribution is 0.552. The van der Waals surface area contributed by atoms with Crippen LogP contribution < -0.4 is 0 Å². The van der Waals surface area contributed by atoms with Crippen LogP contribution in [0.3, 0.4) is 0 Å². The summed E-state index contributed by atoms with van der Waals surface area (Å²) in [6.07, 6.45) is 0. The lowest BCUT2D eigenvalue weighted by Gasteiger charge is -1.93. The molecule has 0 spiro atoms. The van der Waals surface area contributed by atoms with Gasteiger partial charge in [0.05, 0.1) is 0 Å². The van der Waals surface area contributed by atoms with Crippen LogP contribution in [0.5, 0.6) is 0 Å². The van der Waals surface area contributed by atoms with Crippen LogP contribution in [0.2, 0.25) is 0 Å². The summed E-state index contributed by atoms with van der Waals surface area (Å²) in [4.78, 5) is 0.752. The molecule has 0 saturated heterocycles. The van der Waals surface area contributed by atoms with E-state index < -0.39 is 15.1 Å². The summed E-state index contributed by atoms with van der Waals surface area (Å²) in [5, 5.41) is 7.63. The number of rotatable bonds is 1. The smallest absolute Gasteiger partial charge is 0.189 e. The molecule has 2 aromatic rings. The van der Waals surface area contributed by atoms with Crippen molar-refractivity contribution in [3.8, 4) is 0 Å². The maximum atomic E-state index is 12.8. The van der Waals surface area contributed by atoms with Crippen molar-refractivity contribution >= 4 is 21.3 Å². The third-order valence-corrected chi connectivity index (χ3v) is 2.59. The second kappa shape index (κ2) is 2.74. The van der Waals surface area contributed by atoms with E-state index in [0.29, 0.717) is 5.52 Å². The molecule has 74 valence electrons. The quantitative estimate of drug-likeness (QED) is 0.654. The van der Waals surface area contributed by atoms with Gasteiger partial charge in [-0.3, -0.25) is 0 Å². The van der Waals surface area contributed by atoms with Crippen molar-refractivity contribution in [3.63, 3.8) is 0 Å². The van der Waals surface area contributed by atoms with E-state index in [4.69, 9.17) is 0 Å². The number of halogens is 1. The van der Waals surface area contributed by atoms with Crippen molar-refractivity contribution in [2.24, 2.45) is 7.05 Å². The highest BCUT2D eigenvalue weighted by molar-refractivity contribution is 7.86. The number of aromatic nitrogens is 3. The van der Waals surface area contributed by atoms with Gasteiger partial charge >= 0.3 is 10.2 Å². The second-order valence-electron chi connectivity index (χ2n) is 2.75. The Bertz CT molecular complexity index is 590. The molecule has 0 fully saturated rings. The summed E-state index contributed by atoms with van der Waals surface area (Å²) < 4.78 is 34.2. The molecule has 2 rings (SSSR count). The Hall–Kier alpha value is -1.50. The van der Waals surface area contributed by atoms with Gasteiger partial charge in [-0.1, -0.05) is 6.07 Å². The molecule has 0 unspecified atom stereocenters. The Morgan fingerprint density at radius 1 is 1.36 bits per heavy atom. The standard InChI is InChI=1S/C7H6FN3O2S/c1-11-9-5-3-2-4-6(7(5)10-11)14(8,12)13/h2-4H,1H3. The number of nitrogens with zero attached hydrogens (tertiary/aromatic N) is 3. The van der Waals surface area contributed by atoms with Gasteiger partial charge in [0, 0.05) is 7.05 Å². The van der Waals surface area contributed by atoms with Crippen LogP contribution in [0.15, 0.2) is 23.1 Å². The average Bonchev–Trinajstić information content (AvgIpc) is 2.41. The summed E-state index contributed by atoms with van der Waals surface area (Å²) in [5.41, 5.74) is 0.406. The SMILES string of the molecule is Cn1nc2cccc(S(=O)(=O)F)c2n1. The number of aryl methyl sites for hydroxylation is 1. The third kappa shape index (κ3) is 1.35. The average molecular weight is 215 g/mol. The molecule has 1 aromatic heterocycles. The molecule has 0 atom stereocenters. The number of fused-ring (bicyclic) bond motifs is 1. The molecule has 0 amide bonds. The Kier molecular flexibility index (Phi) is 1.78. The molecule has 0 saturated carbocycles. The normalized spacial score (nSPS) is 12.1. The highest BCUT2D eigenvalue weighted by Gasteiger charge is 2.18. The summed E-state index contributed by atoms with van der Waals surface area (Å²) in [6, 6.07) is 4.15. The van der Waals surface area contributed by atoms with Crippen LogP contribution in [-0.4, -0.2) is 23.4 Å². The van der Waals surface area contributed by atoms with Crippen LogP contribution in [0, 0.1) is 0 Å². The Morgan fingerprint density at radius 3 is 2.71 bits per heavy atom. The summed E-state index contributed by atoms with van der Waals surface area (Å²) in [5.74, 6) is 0. The van der Waals surface area contributed by atoms with E-state index in [1.165, 1.54) is 17.9 Å². The monoisotopic (exact) mass is 215 g/mol. The van der Waals surface area contributed by atoms with E-state index in [1.807, 2.05) is 0 Å². The first kappa shape index (κ1) is 9.07. The van der Waals surface area contributed by atoms with Gasteiger partial charge in [0.1, 0.15) is 15.9 Å². The predicted octanol–water partition coefficient (Wildman–Crippen LogP) is 0.627. The van der Waals surface area contributed by atoms with E-state index in [1.54, 1.807) is 6.07 Å². The fourth-order valence-electron chi connectivity index (χ4n) is 1.21. The van der Waals surface area contributed by atoms with Gasteiger partial charge in [-0.2, -0.15) is 23.4 Å². The van der Waals surface area contributed by atoms with Gasteiger partial charge in [-0.15, -0.1) is 3.89 Å². The first-order valence-corrected chi connectivity index (χ1v) is 5.11. The van der Waals surface area contributed by atoms with E-state index >= 15 is 0 Å². The Labute approximate surface area is 79.4 Å². The molecule has 0 aliphatic heterocycles. The van der Waals surface area contributed by atoms with Crippen molar-refractivity contribution in [2.45, 2.75) is 4.90 Å². The highest BCUT2D eigenvalue weighted by atomic mass is 32.3. The first-order valence-electron chi connectivity index (χ1n) is 3.73. The topological polar surface area (TPSA) is 64.8 Å². The summed E-state index contributed by atoms with van der Waals surface area (Å²) >= 11 is 0. The minimum atomic E-state index is -4.73. The minimum absolute atomic E-state index is 0.0532. The van der Waals surface area contributed by atoms with Crippen molar-refractivity contribution in [1.29, 1.82) is 0 Å². The fraction of sp³-hybridized carbons (Fsp3) is 0.143. The van der Waals surface area contributed by atoms with Crippen molar-refractivity contribution < 1.29 is 12.3 Å². The molecule has 7 heteroatoms. The molecule has 1 heterocycles. The van der Waals surface area contributed by atoms with Crippen molar-refractivity contribution in [1.82, 2.24) is 15.0 Å². The van der Waals surface area contributed by atoms with E-state index in [0.717, 1.165) is 6.07 Å². The van der Waals surface area contributed by atoms with Gasteiger partial charge in [-0.05, 0) is 12.1 Å². The first-order chi connectivity index (χ1) is 6.48. The molecule has 0 aliphatic carbocycles. The molecule has 14 heavy (non-hydrogen) atoms. The van der Waals surface area contributed by atoms with Crippen LogP contribution in [-0.2, 0) is 17.3 Å². The van der Waals surface area contributed by atoms with Gasteiger partial charge in [0.25, 0.3) is 0 Å². The van der Waals surface area contributed by atoms with Crippen LogP contribution >= 0.6 is 0 Å². The molecular weight excluding hydrogens is 209 g/mol. The fourth-order valence-corrected chi connectivity index (χ4v) is 1.83. The lowest BCUT2D eigenvalue weighted by atomic mass is 10.3. The zero-order valence-electron chi connectivity index (χ0n) is 7.18. The Balaban J connectivity index is 2.90. The van der Waals surface area contributed by atoms with Crippen LogP contribution in [0.4, 0.5) is 3.89 Å². The lowest BCUT2D eigenvalue weighted by Crippen LogP contribution is -1.94. The van der Waals surface area contributed by atoms with Gasteiger partial charge in [0.2, 0.25) is 0 Å². The molecule has 0 N–H and O–H groups in total. The summed E-state index contributed by atoms with van der Waals surface area (Å²) in [7, 11) is -3.20. The highest BCUT2D eigenvalue weighted by Crippen LogP contribution is 2.20. The largest absolute Gasteiger partial charge is 0.334 e. The number of hydrogen-bond acceptors (Lipinski definition) is 4. The summed E-state index contributed by atoms with van der Waals surface area (Å²) in [6.45, 7) is 0. The molecule has 0 bridgehead atoms. The molecule has 0 aliphatic rings. The van der Waals surface area contributed by atoms with E-state index in [-0.39, 0.29) is 5.52 Å². The molecule has 1 aromatic carbocycles. The molecule has 0 radical (unpaired) electrons. The van der Waals surface area contributed by atoms with Gasteiger partial charge in [-0.25, -0.2) is 0 Å². The van der Waals surface area contributed by atoms with Crippen molar-refractivity contribution in [2.75, 3.05) is 0 Å². The maximum absolute atomic E-state index is 12.8. The second-order valence-corrected chi connectivity index (χ2v) is 4.07. The van der Waals surface area contributed by atoms with Crippen molar-refractivity contribution in [3.05, 3.63) is 18.2 Å². The molecular formula is C7H6FN3O2S. The van der Waals surface area contributed by atoms with Gasteiger partial charge < -0.3 is 0 Å². The minimum Gasteiger partial charge on any atom is -0.189 e.